The van der Waals surface area contributed by atoms with Gasteiger partial charge < -0.3 is 10.4 Å². The van der Waals surface area contributed by atoms with Crippen molar-refractivity contribution in [1.82, 2.24) is 5.32 Å². The largest absolute Gasteiger partial charge is 0.388 e. The molecule has 0 spiro atoms. The van der Waals surface area contributed by atoms with E-state index in [1.54, 1.807) is 13.8 Å². The van der Waals surface area contributed by atoms with Crippen LogP contribution in [0.25, 0.3) is 0 Å². The van der Waals surface area contributed by atoms with Crippen molar-refractivity contribution in [2.24, 2.45) is 0 Å². The zero-order valence-corrected chi connectivity index (χ0v) is 11.3. The van der Waals surface area contributed by atoms with Crippen molar-refractivity contribution in [1.29, 1.82) is 0 Å². The molecule has 0 bridgehead atoms. The van der Waals surface area contributed by atoms with Crippen LogP contribution in [0.15, 0.2) is 0 Å². The highest BCUT2D eigenvalue weighted by molar-refractivity contribution is 7.92. The van der Waals surface area contributed by atoms with Gasteiger partial charge in [0.2, 0.25) is 5.91 Å². The summed E-state index contributed by atoms with van der Waals surface area (Å²) < 4.78 is 21.3. The van der Waals surface area contributed by atoms with E-state index in [-0.39, 0.29) is 6.54 Å². The van der Waals surface area contributed by atoms with Crippen LogP contribution in [0.3, 0.4) is 0 Å². The van der Waals surface area contributed by atoms with E-state index >= 15 is 0 Å². The molecule has 0 aliphatic carbocycles. The Morgan fingerprint density at radius 1 is 1.31 bits per heavy atom. The first-order valence-corrected chi connectivity index (χ1v) is 7.03. The smallest absolute Gasteiger partial charge is 0.240 e. The van der Waals surface area contributed by atoms with Gasteiger partial charge >= 0.3 is 0 Å². The lowest BCUT2D eigenvalue weighted by Gasteiger charge is -2.26. The second kappa shape index (κ2) is 4.71. The minimum atomic E-state index is -3.47. The van der Waals surface area contributed by atoms with Crippen LogP contribution in [0.5, 0.6) is 0 Å². The molecule has 0 saturated heterocycles. The number of nitrogens with one attached hydrogen (secondary N) is 1. The molecule has 0 fully saturated rings. The summed E-state index contributed by atoms with van der Waals surface area (Å²) in [7, 11) is -3.47. The lowest BCUT2D eigenvalue weighted by molar-refractivity contribution is -0.124. The summed E-state index contributed by atoms with van der Waals surface area (Å²) >= 11 is 0. The molecule has 0 aromatic heterocycles. The Bertz CT molecular complexity index is 357. The number of rotatable bonds is 5. The first kappa shape index (κ1) is 15.4. The summed E-state index contributed by atoms with van der Waals surface area (Å²) in [5, 5.41) is 12.1. The van der Waals surface area contributed by atoms with Gasteiger partial charge in [0.15, 0.2) is 9.84 Å². The highest BCUT2D eigenvalue weighted by Crippen LogP contribution is 2.15. The summed E-state index contributed by atoms with van der Waals surface area (Å²) in [6.45, 7) is 6.10. The summed E-state index contributed by atoms with van der Waals surface area (Å²) in [6, 6.07) is 0. The molecule has 0 radical (unpaired) electrons. The monoisotopic (exact) mass is 251 g/mol. The van der Waals surface area contributed by atoms with E-state index in [9.17, 15) is 18.3 Å². The molecule has 0 rings (SSSR count). The van der Waals surface area contributed by atoms with Crippen molar-refractivity contribution in [2.45, 2.75) is 44.5 Å². The Balaban J connectivity index is 4.63. The average Bonchev–Trinajstić information content (AvgIpc) is 2.12. The highest BCUT2D eigenvalue weighted by atomic mass is 32.2. The zero-order valence-electron chi connectivity index (χ0n) is 10.5. The minimum absolute atomic E-state index is 0.0429. The van der Waals surface area contributed by atoms with Gasteiger partial charge in [-0.05, 0) is 27.2 Å². The average molecular weight is 251 g/mol. The second-order valence-electron chi connectivity index (χ2n) is 4.82. The molecule has 0 aromatic rings. The number of hydrogen-bond donors (Lipinski definition) is 2. The third kappa shape index (κ3) is 3.75. The maximum absolute atomic E-state index is 11.7. The molecule has 96 valence electrons. The van der Waals surface area contributed by atoms with Gasteiger partial charge in [-0.1, -0.05) is 6.92 Å². The SMILES string of the molecule is CCC(C)(O)CNC(=O)C(C)(C)S(C)(=O)=O. The Hall–Kier alpha value is -0.620. The molecular weight excluding hydrogens is 230 g/mol. The molecule has 0 aromatic carbocycles. The van der Waals surface area contributed by atoms with Crippen molar-refractivity contribution in [3.8, 4) is 0 Å². The van der Waals surface area contributed by atoms with E-state index in [2.05, 4.69) is 5.32 Å². The molecule has 0 heterocycles. The van der Waals surface area contributed by atoms with Crippen molar-refractivity contribution < 1.29 is 18.3 Å². The second-order valence-corrected chi connectivity index (χ2v) is 7.38. The molecule has 1 atom stereocenters. The number of carbonyl (C=O) groups excluding carboxylic acids is 1. The van der Waals surface area contributed by atoms with Crippen LogP contribution in [0.4, 0.5) is 0 Å². The van der Waals surface area contributed by atoms with Crippen molar-refractivity contribution in [2.75, 3.05) is 12.8 Å². The Labute approximate surface area is 97.2 Å². The molecule has 6 heteroatoms. The van der Waals surface area contributed by atoms with Crippen LogP contribution >= 0.6 is 0 Å². The van der Waals surface area contributed by atoms with Crippen LogP contribution in [0, 0.1) is 0 Å². The molecule has 0 aliphatic heterocycles. The fraction of sp³-hybridized carbons (Fsp3) is 0.900. The van der Waals surface area contributed by atoms with Gasteiger partial charge in [0.25, 0.3) is 0 Å². The van der Waals surface area contributed by atoms with Crippen molar-refractivity contribution in [3.63, 3.8) is 0 Å². The normalized spacial score (nSPS) is 16.6. The van der Waals surface area contributed by atoms with E-state index in [0.29, 0.717) is 6.42 Å². The first-order chi connectivity index (χ1) is 6.94. The Kier molecular flexibility index (Phi) is 4.53. The highest BCUT2D eigenvalue weighted by Gasteiger charge is 2.38. The fourth-order valence-corrected chi connectivity index (χ4v) is 1.19. The molecule has 5 nitrogen and oxygen atoms in total. The molecular formula is C10H21NO4S. The fourth-order valence-electron chi connectivity index (χ4n) is 0.777. The van der Waals surface area contributed by atoms with E-state index in [1.807, 2.05) is 0 Å². The standard InChI is InChI=1S/C10H21NO4S/c1-6-10(4,13)7-11-8(12)9(2,3)16(5,14)15/h13H,6-7H2,1-5H3,(H,11,12). The predicted molar refractivity (Wildman–Crippen MR) is 62.8 cm³/mol. The van der Waals surface area contributed by atoms with Crippen LogP contribution < -0.4 is 5.32 Å². The Morgan fingerprint density at radius 2 is 1.75 bits per heavy atom. The van der Waals surface area contributed by atoms with Crippen LogP contribution in [-0.4, -0.2) is 42.6 Å². The number of hydrogen-bond acceptors (Lipinski definition) is 4. The zero-order chi connectivity index (χ0) is 13.2. The van der Waals surface area contributed by atoms with E-state index in [4.69, 9.17) is 0 Å². The molecule has 16 heavy (non-hydrogen) atoms. The first-order valence-electron chi connectivity index (χ1n) is 5.14. The van der Waals surface area contributed by atoms with E-state index in [1.165, 1.54) is 13.8 Å². The number of aliphatic hydroxyl groups is 1. The van der Waals surface area contributed by atoms with Gasteiger partial charge in [0.05, 0.1) is 5.60 Å². The maximum Gasteiger partial charge on any atom is 0.240 e. The lowest BCUT2D eigenvalue weighted by Crippen LogP contribution is -2.51. The molecule has 2 N–H and O–H groups in total. The van der Waals surface area contributed by atoms with Crippen LogP contribution in [0.2, 0.25) is 0 Å². The quantitative estimate of drug-likeness (QED) is 0.725. The van der Waals surface area contributed by atoms with Gasteiger partial charge in [-0.25, -0.2) is 8.42 Å². The van der Waals surface area contributed by atoms with Crippen molar-refractivity contribution in [3.05, 3.63) is 0 Å². The lowest BCUT2D eigenvalue weighted by atomic mass is 10.0. The van der Waals surface area contributed by atoms with Crippen LogP contribution in [0.1, 0.15) is 34.1 Å². The summed E-state index contributed by atoms with van der Waals surface area (Å²) in [4.78, 5) is 11.7. The van der Waals surface area contributed by atoms with Gasteiger partial charge in [0.1, 0.15) is 4.75 Å². The van der Waals surface area contributed by atoms with Gasteiger partial charge in [-0.2, -0.15) is 0 Å². The van der Waals surface area contributed by atoms with Gasteiger partial charge in [0, 0.05) is 12.8 Å². The van der Waals surface area contributed by atoms with E-state index < -0.39 is 26.1 Å². The number of carbonyl (C=O) groups is 1. The molecule has 0 aliphatic rings. The van der Waals surface area contributed by atoms with Crippen molar-refractivity contribution >= 4 is 15.7 Å². The van der Waals surface area contributed by atoms with Gasteiger partial charge in [-0.15, -0.1) is 0 Å². The number of amides is 1. The van der Waals surface area contributed by atoms with Crippen LogP contribution in [-0.2, 0) is 14.6 Å². The summed E-state index contributed by atoms with van der Waals surface area (Å²) in [5.41, 5.74) is -1.01. The predicted octanol–water partition coefficient (Wildman–Crippen LogP) is 0.0868. The molecule has 1 unspecified atom stereocenters. The Morgan fingerprint density at radius 3 is 2.06 bits per heavy atom. The summed E-state index contributed by atoms with van der Waals surface area (Å²) in [6.07, 6.45) is 1.50. The maximum atomic E-state index is 11.7. The van der Waals surface area contributed by atoms with E-state index in [0.717, 1.165) is 6.26 Å². The molecule has 1 amide bonds. The minimum Gasteiger partial charge on any atom is -0.388 e. The number of sulfone groups is 1. The van der Waals surface area contributed by atoms with Gasteiger partial charge in [-0.3, -0.25) is 4.79 Å². The molecule has 0 saturated carbocycles. The summed E-state index contributed by atoms with van der Waals surface area (Å²) in [5.74, 6) is -0.594. The third-order valence-electron chi connectivity index (χ3n) is 2.87. The topological polar surface area (TPSA) is 83.5 Å². The third-order valence-corrected chi connectivity index (χ3v) is 4.90.